The number of primary amides is 1. The number of ether oxygens (including phenoxy) is 2. The Morgan fingerprint density at radius 2 is 1.94 bits per heavy atom. The molecule has 0 aliphatic carbocycles. The van der Waals surface area contributed by atoms with Crippen molar-refractivity contribution in [2.75, 3.05) is 7.11 Å². The maximum atomic E-state index is 15.4. The molecule has 34 heavy (non-hydrogen) atoms. The van der Waals surface area contributed by atoms with Crippen LogP contribution in [0.15, 0.2) is 30.6 Å². The molecule has 4 rings (SSSR count). The Morgan fingerprint density at radius 1 is 1.24 bits per heavy atom. The topological polar surface area (TPSA) is 100 Å². The molecule has 1 amide bonds. The molecule has 1 aliphatic rings. The zero-order valence-corrected chi connectivity index (χ0v) is 19.4. The quantitative estimate of drug-likeness (QED) is 0.588. The van der Waals surface area contributed by atoms with Crippen LogP contribution in [0.25, 0.3) is 10.9 Å². The maximum absolute atomic E-state index is 15.4. The van der Waals surface area contributed by atoms with Crippen molar-refractivity contribution in [2.24, 2.45) is 11.7 Å². The predicted molar refractivity (Wildman–Crippen MR) is 118 cm³/mol. The summed E-state index contributed by atoms with van der Waals surface area (Å²) in [6, 6.07) is 3.98. The minimum absolute atomic E-state index is 0.0123. The van der Waals surface area contributed by atoms with E-state index in [1.807, 2.05) is 0 Å². The van der Waals surface area contributed by atoms with Gasteiger partial charge in [0.1, 0.15) is 23.1 Å². The van der Waals surface area contributed by atoms with Crippen molar-refractivity contribution in [1.82, 2.24) is 15.0 Å². The van der Waals surface area contributed by atoms with Crippen molar-refractivity contribution in [1.29, 1.82) is 0 Å². The predicted octanol–water partition coefficient (Wildman–Crippen LogP) is 4.41. The molecule has 4 atom stereocenters. The van der Waals surface area contributed by atoms with E-state index in [9.17, 15) is 13.6 Å². The van der Waals surface area contributed by atoms with Gasteiger partial charge in [0.05, 0.1) is 12.6 Å². The van der Waals surface area contributed by atoms with E-state index in [2.05, 4.69) is 15.0 Å². The van der Waals surface area contributed by atoms with Gasteiger partial charge in [-0.1, -0.05) is 13.0 Å². The van der Waals surface area contributed by atoms with Gasteiger partial charge in [0.15, 0.2) is 17.4 Å². The van der Waals surface area contributed by atoms with Crippen molar-refractivity contribution in [3.05, 3.63) is 59.3 Å². The normalized spacial score (nSPS) is 25.0. The number of pyridine rings is 1. The third-order valence-corrected chi connectivity index (χ3v) is 6.95. The molecule has 1 aromatic carbocycles. The number of aromatic nitrogens is 3. The summed E-state index contributed by atoms with van der Waals surface area (Å²) in [7, 11) is 1.24. The summed E-state index contributed by atoms with van der Waals surface area (Å²) in [6.45, 7) is 6.21. The summed E-state index contributed by atoms with van der Waals surface area (Å²) < 4.78 is 55.5. The Labute approximate surface area is 194 Å². The number of halogens is 3. The first-order chi connectivity index (χ1) is 15.9. The Balaban J connectivity index is 1.93. The van der Waals surface area contributed by atoms with E-state index in [4.69, 9.17) is 15.2 Å². The minimum Gasteiger partial charge on any atom is -0.493 e. The van der Waals surface area contributed by atoms with Gasteiger partial charge in [-0.2, -0.15) is 4.39 Å². The molecule has 0 unspecified atom stereocenters. The Kier molecular flexibility index (Phi) is 5.75. The summed E-state index contributed by atoms with van der Waals surface area (Å²) in [4.78, 5) is 24.6. The molecule has 0 bridgehead atoms. The van der Waals surface area contributed by atoms with Crippen LogP contribution in [-0.2, 0) is 4.74 Å². The van der Waals surface area contributed by atoms with Crippen LogP contribution in [0.1, 0.15) is 61.6 Å². The van der Waals surface area contributed by atoms with Gasteiger partial charge in [-0.15, -0.1) is 0 Å². The lowest BCUT2D eigenvalue weighted by molar-refractivity contribution is -0.131. The molecular formula is C24H25F3N4O3. The Morgan fingerprint density at radius 3 is 2.56 bits per heavy atom. The van der Waals surface area contributed by atoms with Gasteiger partial charge in [-0.3, -0.25) is 9.78 Å². The standard InChI is InChI=1S/C24H25F3N4O3/c1-11-16(12-6-7-14(25)17(26)19(12)33-5)20(34-24(11,4)23(2,3)27)22-30-10-13-15(31-22)8-9-29-18(13)21(28)32/h6-11,16,20H,1-5H3,(H2,28,32)/t11-,16-,20+,24+/m0/s1. The summed E-state index contributed by atoms with van der Waals surface area (Å²) in [5.41, 5.74) is 2.97. The summed E-state index contributed by atoms with van der Waals surface area (Å²) >= 11 is 0. The van der Waals surface area contributed by atoms with Crippen LogP contribution in [0.2, 0.25) is 0 Å². The third kappa shape index (κ3) is 3.56. The average molecular weight is 474 g/mol. The fourth-order valence-corrected chi connectivity index (χ4v) is 4.70. The van der Waals surface area contributed by atoms with Crippen LogP contribution in [0, 0.1) is 17.6 Å². The number of nitrogens with zero attached hydrogens (tertiary/aromatic N) is 3. The summed E-state index contributed by atoms with van der Waals surface area (Å²) in [6.07, 6.45) is 1.86. The highest BCUT2D eigenvalue weighted by atomic mass is 19.2. The number of rotatable bonds is 5. The van der Waals surface area contributed by atoms with Crippen LogP contribution < -0.4 is 10.5 Å². The first kappa shape index (κ1) is 23.9. The highest BCUT2D eigenvalue weighted by molar-refractivity contribution is 6.03. The van der Waals surface area contributed by atoms with Gasteiger partial charge >= 0.3 is 0 Å². The van der Waals surface area contributed by atoms with Crippen LogP contribution in [0.5, 0.6) is 5.75 Å². The van der Waals surface area contributed by atoms with E-state index in [1.54, 1.807) is 19.9 Å². The lowest BCUT2D eigenvalue weighted by atomic mass is 9.72. The molecule has 0 spiro atoms. The van der Waals surface area contributed by atoms with Crippen molar-refractivity contribution in [2.45, 2.75) is 51.0 Å². The van der Waals surface area contributed by atoms with Gasteiger partial charge in [-0.05, 0) is 38.8 Å². The molecule has 3 heterocycles. The molecule has 0 radical (unpaired) electrons. The molecule has 1 saturated heterocycles. The number of fused-ring (bicyclic) bond motifs is 1. The number of hydrogen-bond acceptors (Lipinski definition) is 6. The second-order valence-electron chi connectivity index (χ2n) is 9.10. The van der Waals surface area contributed by atoms with Crippen LogP contribution in [0.3, 0.4) is 0 Å². The van der Waals surface area contributed by atoms with Crippen LogP contribution in [0.4, 0.5) is 13.2 Å². The first-order valence-corrected chi connectivity index (χ1v) is 10.7. The molecule has 2 N–H and O–H groups in total. The summed E-state index contributed by atoms with van der Waals surface area (Å²) in [5, 5.41) is 0.348. The number of amides is 1. The molecule has 0 saturated carbocycles. The number of benzene rings is 1. The summed E-state index contributed by atoms with van der Waals surface area (Å²) in [5.74, 6) is -4.24. The molecule has 2 aromatic heterocycles. The fraction of sp³-hybridized carbons (Fsp3) is 0.417. The second kappa shape index (κ2) is 8.19. The van der Waals surface area contributed by atoms with Gasteiger partial charge < -0.3 is 15.2 Å². The van der Waals surface area contributed by atoms with Gasteiger partial charge in [0, 0.05) is 29.3 Å². The third-order valence-electron chi connectivity index (χ3n) is 6.95. The maximum Gasteiger partial charge on any atom is 0.268 e. The van der Waals surface area contributed by atoms with Gasteiger partial charge in [0.2, 0.25) is 5.82 Å². The van der Waals surface area contributed by atoms with Gasteiger partial charge in [0.25, 0.3) is 5.91 Å². The SMILES string of the molecule is COc1c([C@H]2[C@H](c3ncc4c(C(N)=O)nccc4n3)O[C@@](C)(C(C)(C)F)[C@H]2C)ccc(F)c1F. The largest absolute Gasteiger partial charge is 0.493 e. The number of carbonyl (C=O) groups excluding carboxylic acids is 1. The molecule has 1 fully saturated rings. The molecule has 180 valence electrons. The molecule has 10 heteroatoms. The monoisotopic (exact) mass is 474 g/mol. The van der Waals surface area contributed by atoms with Crippen molar-refractivity contribution in [3.8, 4) is 5.75 Å². The number of nitrogens with two attached hydrogens (primary N) is 1. The smallest absolute Gasteiger partial charge is 0.268 e. The van der Waals surface area contributed by atoms with Crippen molar-refractivity contribution in [3.63, 3.8) is 0 Å². The van der Waals surface area contributed by atoms with Gasteiger partial charge in [-0.25, -0.2) is 18.7 Å². The fourth-order valence-electron chi connectivity index (χ4n) is 4.70. The molecular weight excluding hydrogens is 449 g/mol. The van der Waals surface area contributed by atoms with Crippen molar-refractivity contribution < 1.29 is 27.4 Å². The van der Waals surface area contributed by atoms with E-state index >= 15 is 4.39 Å². The lowest BCUT2D eigenvalue weighted by Gasteiger charge is -2.38. The highest BCUT2D eigenvalue weighted by Gasteiger charge is 2.59. The van der Waals surface area contributed by atoms with Crippen molar-refractivity contribution >= 4 is 16.8 Å². The molecule has 7 nitrogen and oxygen atoms in total. The molecule has 3 aromatic rings. The number of alkyl halides is 1. The van der Waals surface area contributed by atoms with Crippen LogP contribution >= 0.6 is 0 Å². The lowest BCUT2D eigenvalue weighted by Crippen LogP contribution is -2.48. The van der Waals surface area contributed by atoms with E-state index in [-0.39, 0.29) is 17.3 Å². The van der Waals surface area contributed by atoms with E-state index in [0.717, 1.165) is 6.07 Å². The second-order valence-corrected chi connectivity index (χ2v) is 9.10. The zero-order valence-electron chi connectivity index (χ0n) is 19.4. The Bertz CT molecular complexity index is 1280. The highest BCUT2D eigenvalue weighted by Crippen LogP contribution is 2.58. The Hall–Kier alpha value is -3.27. The number of hydrogen-bond donors (Lipinski definition) is 1. The average Bonchev–Trinajstić information content (AvgIpc) is 3.06. The minimum atomic E-state index is -1.80. The first-order valence-electron chi connectivity index (χ1n) is 10.7. The number of methoxy groups -OCH3 is 1. The molecule has 1 aliphatic heterocycles. The van der Waals surface area contributed by atoms with E-state index in [1.165, 1.54) is 39.4 Å². The zero-order chi connectivity index (χ0) is 25.0. The van der Waals surface area contributed by atoms with E-state index in [0.29, 0.717) is 16.5 Å². The number of carbonyl (C=O) groups is 1. The van der Waals surface area contributed by atoms with Crippen LogP contribution in [-0.4, -0.2) is 39.2 Å². The van der Waals surface area contributed by atoms with E-state index < -0.39 is 46.8 Å².